The van der Waals surface area contributed by atoms with Gasteiger partial charge in [0.05, 0.1) is 0 Å². The van der Waals surface area contributed by atoms with E-state index >= 15 is 0 Å². The highest BCUT2D eigenvalue weighted by Gasteiger charge is 2.25. The van der Waals surface area contributed by atoms with Crippen molar-refractivity contribution in [3.8, 4) is 0 Å². The second-order valence-electron chi connectivity index (χ2n) is 7.35. The fourth-order valence-electron chi connectivity index (χ4n) is 2.98. The van der Waals surface area contributed by atoms with Gasteiger partial charge in [0.25, 0.3) is 0 Å². The van der Waals surface area contributed by atoms with E-state index in [0.717, 1.165) is 6.42 Å². The van der Waals surface area contributed by atoms with Gasteiger partial charge in [-0.2, -0.15) is 0 Å². The molecule has 2 rings (SSSR count). The van der Waals surface area contributed by atoms with Gasteiger partial charge in [-0.15, -0.1) is 0 Å². The van der Waals surface area contributed by atoms with Gasteiger partial charge in [0.1, 0.15) is 0 Å². The minimum absolute atomic E-state index is 0.0588. The van der Waals surface area contributed by atoms with Crippen LogP contribution in [0.2, 0.25) is 0 Å². The Morgan fingerprint density at radius 3 is 2.28 bits per heavy atom. The Labute approximate surface area is 152 Å². The number of carboxylic acids is 1. The predicted octanol–water partition coefficient (Wildman–Crippen LogP) is 3.09. The number of hydrogen-bond donors (Lipinski definition) is 1. The first-order chi connectivity index (χ1) is 11.9. The third kappa shape index (κ3) is 5.83. The van der Waals surface area contributed by atoms with Crippen molar-refractivity contribution in [1.82, 2.24) is 0 Å². The monoisotopic (exact) mass is 356 g/mol. The van der Waals surface area contributed by atoms with Crippen molar-refractivity contribution in [1.29, 1.82) is 0 Å². The van der Waals surface area contributed by atoms with Gasteiger partial charge in [-0.05, 0) is 34.2 Å². The van der Waals surface area contributed by atoms with E-state index in [1.807, 2.05) is 6.07 Å². The molecule has 0 amide bonds. The van der Waals surface area contributed by atoms with Gasteiger partial charge in [0.2, 0.25) is 9.04 Å². The molecule has 2 aromatic carbocycles. The van der Waals surface area contributed by atoms with Crippen molar-refractivity contribution in [2.24, 2.45) is 0 Å². The summed E-state index contributed by atoms with van der Waals surface area (Å²) in [4.78, 5) is 10.7. The van der Waals surface area contributed by atoms with Crippen LogP contribution in [0.25, 0.3) is 0 Å². The van der Waals surface area contributed by atoms with Crippen LogP contribution < -0.4 is 10.4 Å². The van der Waals surface area contributed by atoms with Gasteiger partial charge in [-0.1, -0.05) is 75.4 Å². The molecular formula is C21H28O3Si. The SMILES string of the molecule is CC(C)(C)c1ccccc1[SiH](OCCCCC(=O)O)c1ccccc1. The number of benzene rings is 2. The van der Waals surface area contributed by atoms with Crippen LogP contribution in [-0.4, -0.2) is 26.7 Å². The second kappa shape index (κ2) is 8.97. The lowest BCUT2D eigenvalue weighted by molar-refractivity contribution is -0.137. The van der Waals surface area contributed by atoms with Crippen LogP contribution in [-0.2, 0) is 14.6 Å². The fraction of sp³-hybridized carbons (Fsp3) is 0.381. The summed E-state index contributed by atoms with van der Waals surface area (Å²) in [5, 5.41) is 11.4. The lowest BCUT2D eigenvalue weighted by Crippen LogP contribution is -2.48. The summed E-state index contributed by atoms with van der Waals surface area (Å²) < 4.78 is 6.38. The zero-order valence-electron chi connectivity index (χ0n) is 15.4. The van der Waals surface area contributed by atoms with E-state index in [1.54, 1.807) is 0 Å². The van der Waals surface area contributed by atoms with Crippen molar-refractivity contribution in [2.45, 2.75) is 45.4 Å². The summed E-state index contributed by atoms with van der Waals surface area (Å²) in [7, 11) is -1.80. The minimum Gasteiger partial charge on any atom is -0.481 e. The van der Waals surface area contributed by atoms with Crippen molar-refractivity contribution in [3.63, 3.8) is 0 Å². The molecule has 134 valence electrons. The summed E-state index contributed by atoms with van der Waals surface area (Å²) in [6.07, 6.45) is 1.64. The topological polar surface area (TPSA) is 46.5 Å². The van der Waals surface area contributed by atoms with Gasteiger partial charge in [0, 0.05) is 13.0 Å². The molecule has 0 spiro atoms. The molecule has 1 unspecified atom stereocenters. The van der Waals surface area contributed by atoms with Crippen LogP contribution in [0.4, 0.5) is 0 Å². The van der Waals surface area contributed by atoms with Crippen molar-refractivity contribution in [2.75, 3.05) is 6.61 Å². The normalized spacial score (nSPS) is 12.8. The van der Waals surface area contributed by atoms with Gasteiger partial charge in [-0.25, -0.2) is 0 Å². The highest BCUT2D eigenvalue weighted by molar-refractivity contribution is 6.80. The van der Waals surface area contributed by atoms with Crippen molar-refractivity contribution < 1.29 is 14.3 Å². The average Bonchev–Trinajstić information content (AvgIpc) is 2.58. The Bertz CT molecular complexity index is 677. The Morgan fingerprint density at radius 2 is 1.64 bits per heavy atom. The molecule has 0 bridgehead atoms. The van der Waals surface area contributed by atoms with Crippen molar-refractivity contribution >= 4 is 25.4 Å². The first-order valence-corrected chi connectivity index (χ1v) is 10.5. The van der Waals surface area contributed by atoms with E-state index in [9.17, 15) is 4.79 Å². The number of carbonyl (C=O) groups is 1. The molecule has 0 aliphatic rings. The zero-order valence-corrected chi connectivity index (χ0v) is 16.5. The Hall–Kier alpha value is -1.91. The molecule has 2 aromatic rings. The quantitative estimate of drug-likeness (QED) is 0.584. The van der Waals surface area contributed by atoms with Crippen LogP contribution in [0.3, 0.4) is 0 Å². The van der Waals surface area contributed by atoms with Gasteiger partial charge in [0.15, 0.2) is 0 Å². The maximum atomic E-state index is 10.7. The lowest BCUT2D eigenvalue weighted by Gasteiger charge is -2.27. The highest BCUT2D eigenvalue weighted by atomic mass is 28.3. The molecule has 0 saturated heterocycles. The van der Waals surface area contributed by atoms with Crippen molar-refractivity contribution in [3.05, 3.63) is 60.2 Å². The number of rotatable bonds is 8. The van der Waals surface area contributed by atoms with Gasteiger partial charge < -0.3 is 9.53 Å². The number of unbranched alkanes of at least 4 members (excludes halogenated alkanes) is 1. The minimum atomic E-state index is -1.80. The summed E-state index contributed by atoms with van der Waals surface area (Å²) in [6, 6.07) is 19.0. The molecule has 0 fully saturated rings. The molecule has 4 heteroatoms. The molecule has 0 aliphatic carbocycles. The Kier molecular flexibility index (Phi) is 6.97. The number of hydrogen-bond acceptors (Lipinski definition) is 2. The van der Waals surface area contributed by atoms with E-state index in [0.29, 0.717) is 13.0 Å². The van der Waals surface area contributed by atoms with E-state index in [2.05, 4.69) is 69.3 Å². The van der Waals surface area contributed by atoms with Crippen LogP contribution >= 0.6 is 0 Å². The maximum Gasteiger partial charge on any atom is 0.303 e. The standard InChI is InChI=1S/C21H28O3Si/c1-21(2,3)18-13-7-8-14-19(18)25(17-11-5-4-6-12-17)24-16-10-9-15-20(22)23/h4-8,11-14,25H,9-10,15-16H2,1-3H3,(H,22,23). The van der Waals surface area contributed by atoms with E-state index in [-0.39, 0.29) is 11.8 Å². The van der Waals surface area contributed by atoms with Crippen LogP contribution in [0.15, 0.2) is 54.6 Å². The van der Waals surface area contributed by atoms with Crippen LogP contribution in [0.1, 0.15) is 45.6 Å². The lowest BCUT2D eigenvalue weighted by atomic mass is 9.87. The van der Waals surface area contributed by atoms with E-state index in [1.165, 1.54) is 15.9 Å². The Balaban J connectivity index is 2.23. The third-order valence-electron chi connectivity index (χ3n) is 4.22. The first kappa shape index (κ1) is 19.4. The van der Waals surface area contributed by atoms with Crippen LogP contribution in [0.5, 0.6) is 0 Å². The highest BCUT2D eigenvalue weighted by Crippen LogP contribution is 2.20. The fourth-order valence-corrected chi connectivity index (χ4v) is 5.78. The van der Waals surface area contributed by atoms with Crippen LogP contribution in [0, 0.1) is 0 Å². The molecule has 0 aromatic heterocycles. The number of carboxylic acid groups (broad SMARTS) is 1. The van der Waals surface area contributed by atoms with Gasteiger partial charge >= 0.3 is 5.97 Å². The smallest absolute Gasteiger partial charge is 0.303 e. The Morgan fingerprint density at radius 1 is 1.00 bits per heavy atom. The predicted molar refractivity (Wildman–Crippen MR) is 105 cm³/mol. The van der Waals surface area contributed by atoms with E-state index < -0.39 is 15.0 Å². The molecule has 0 heterocycles. The third-order valence-corrected chi connectivity index (χ3v) is 6.85. The summed E-state index contributed by atoms with van der Waals surface area (Å²) >= 11 is 0. The summed E-state index contributed by atoms with van der Waals surface area (Å²) in [6.45, 7) is 7.30. The summed E-state index contributed by atoms with van der Waals surface area (Å²) in [5.74, 6) is -0.741. The van der Waals surface area contributed by atoms with Gasteiger partial charge in [-0.3, -0.25) is 4.79 Å². The number of aliphatic carboxylic acids is 1. The maximum absolute atomic E-state index is 10.7. The van der Waals surface area contributed by atoms with E-state index in [4.69, 9.17) is 9.53 Å². The largest absolute Gasteiger partial charge is 0.481 e. The molecule has 0 aliphatic heterocycles. The molecule has 0 saturated carbocycles. The second-order valence-corrected chi connectivity index (χ2v) is 9.73. The molecule has 25 heavy (non-hydrogen) atoms. The zero-order chi connectivity index (χ0) is 18.3. The average molecular weight is 357 g/mol. The molecule has 1 atom stereocenters. The molecular weight excluding hydrogens is 328 g/mol. The first-order valence-electron chi connectivity index (χ1n) is 8.87. The molecule has 3 nitrogen and oxygen atoms in total. The molecule has 0 radical (unpaired) electrons. The molecule has 1 N–H and O–H groups in total. The summed E-state index contributed by atoms with van der Waals surface area (Å²) in [5.41, 5.74) is 1.39.